The highest BCUT2D eigenvalue weighted by Crippen LogP contribution is 2.20. The summed E-state index contributed by atoms with van der Waals surface area (Å²) in [5.41, 5.74) is 0. The maximum absolute atomic E-state index is 8.96. The fourth-order valence-corrected chi connectivity index (χ4v) is 1.79. The molecule has 0 aromatic heterocycles. The van der Waals surface area contributed by atoms with Gasteiger partial charge in [0.15, 0.2) is 0 Å². The van der Waals surface area contributed by atoms with Gasteiger partial charge in [-0.2, -0.15) is 0 Å². The normalized spacial score (nSPS) is 33.0. The van der Waals surface area contributed by atoms with Gasteiger partial charge in [-0.05, 0) is 26.9 Å². The van der Waals surface area contributed by atoms with Crippen molar-refractivity contribution in [2.24, 2.45) is 0 Å². The van der Waals surface area contributed by atoms with Gasteiger partial charge in [-0.25, -0.2) is 0 Å². The summed E-state index contributed by atoms with van der Waals surface area (Å²) >= 11 is 0. The molecule has 1 fully saturated rings. The van der Waals surface area contributed by atoms with Crippen molar-refractivity contribution in [3.05, 3.63) is 0 Å². The van der Waals surface area contributed by atoms with Crippen molar-refractivity contribution in [1.29, 1.82) is 0 Å². The van der Waals surface area contributed by atoms with Crippen molar-refractivity contribution in [1.82, 2.24) is 10.2 Å². The molecule has 3 nitrogen and oxygen atoms in total. The van der Waals surface area contributed by atoms with Crippen molar-refractivity contribution in [2.75, 3.05) is 27.2 Å². The minimum atomic E-state index is 0.302. The molecule has 1 aliphatic heterocycles. The second-order valence-corrected chi connectivity index (χ2v) is 3.29. The largest absolute Gasteiger partial charge is 0.395 e. The summed E-state index contributed by atoms with van der Waals surface area (Å²) in [5, 5.41) is 12.1. The average Bonchev–Trinajstić information content (AvgIpc) is 2.34. The third-order valence-corrected chi connectivity index (χ3v) is 2.64. The van der Waals surface area contributed by atoms with Gasteiger partial charge in [0.05, 0.1) is 6.61 Å². The smallest absolute Gasteiger partial charge is 0.0586 e. The van der Waals surface area contributed by atoms with Crippen LogP contribution in [0.5, 0.6) is 0 Å². The molecule has 2 atom stereocenters. The maximum atomic E-state index is 8.96. The Hall–Kier alpha value is -0.120. The molecule has 2 unspecified atom stereocenters. The summed E-state index contributed by atoms with van der Waals surface area (Å²) in [6, 6.07) is 1.02. The summed E-state index contributed by atoms with van der Waals surface area (Å²) in [6.45, 7) is 1.34. The topological polar surface area (TPSA) is 35.5 Å². The second-order valence-electron chi connectivity index (χ2n) is 3.29. The predicted octanol–water partition coefficient (Wildman–Crippen LogP) is -0.339. The zero-order valence-electron chi connectivity index (χ0n) is 7.38. The van der Waals surface area contributed by atoms with Crippen molar-refractivity contribution >= 4 is 0 Å². The number of likely N-dealkylation sites (tertiary alicyclic amines) is 1. The van der Waals surface area contributed by atoms with Crippen LogP contribution in [0, 0.1) is 0 Å². The maximum Gasteiger partial charge on any atom is 0.0586 e. The minimum absolute atomic E-state index is 0.302. The Morgan fingerprint density at radius 2 is 2.09 bits per heavy atom. The van der Waals surface area contributed by atoms with E-state index >= 15 is 0 Å². The van der Waals surface area contributed by atoms with E-state index in [1.54, 1.807) is 0 Å². The first-order valence-electron chi connectivity index (χ1n) is 4.27. The lowest BCUT2D eigenvalue weighted by atomic mass is 10.2. The number of hydrogen-bond acceptors (Lipinski definition) is 3. The molecule has 1 heterocycles. The number of rotatable bonds is 3. The van der Waals surface area contributed by atoms with Gasteiger partial charge in [0.1, 0.15) is 0 Å². The third kappa shape index (κ3) is 1.92. The van der Waals surface area contributed by atoms with Crippen LogP contribution in [-0.2, 0) is 0 Å². The Morgan fingerprint density at radius 1 is 1.45 bits per heavy atom. The first kappa shape index (κ1) is 8.97. The summed E-state index contributed by atoms with van der Waals surface area (Å²) in [7, 11) is 4.07. The molecule has 11 heavy (non-hydrogen) atoms. The van der Waals surface area contributed by atoms with E-state index < -0.39 is 0 Å². The van der Waals surface area contributed by atoms with Crippen molar-refractivity contribution < 1.29 is 5.11 Å². The van der Waals surface area contributed by atoms with Gasteiger partial charge >= 0.3 is 0 Å². The molecule has 0 radical (unpaired) electrons. The standard InChI is InChI=1S/C8H18N2O/c1-9-5-7-3-4-8(6-11)10(7)2/h7-9,11H,3-6H2,1-2H3. The molecule has 0 amide bonds. The lowest BCUT2D eigenvalue weighted by Crippen LogP contribution is -2.39. The Balaban J connectivity index is 2.35. The zero-order chi connectivity index (χ0) is 8.27. The van der Waals surface area contributed by atoms with Gasteiger partial charge in [-0.3, -0.25) is 4.90 Å². The van der Waals surface area contributed by atoms with Gasteiger partial charge in [0.2, 0.25) is 0 Å². The van der Waals surface area contributed by atoms with Crippen molar-refractivity contribution in [2.45, 2.75) is 24.9 Å². The highest BCUT2D eigenvalue weighted by atomic mass is 16.3. The number of nitrogens with zero attached hydrogens (tertiary/aromatic N) is 1. The molecular weight excluding hydrogens is 140 g/mol. The quantitative estimate of drug-likeness (QED) is 0.590. The van der Waals surface area contributed by atoms with E-state index in [4.69, 9.17) is 5.11 Å². The molecule has 66 valence electrons. The molecule has 0 aromatic carbocycles. The summed E-state index contributed by atoms with van der Waals surface area (Å²) in [4.78, 5) is 2.27. The van der Waals surface area contributed by atoms with E-state index in [1.807, 2.05) is 7.05 Å². The van der Waals surface area contributed by atoms with Crippen LogP contribution in [0.1, 0.15) is 12.8 Å². The second kappa shape index (κ2) is 4.04. The van der Waals surface area contributed by atoms with Gasteiger partial charge in [-0.15, -0.1) is 0 Å². The van der Waals surface area contributed by atoms with E-state index in [1.165, 1.54) is 6.42 Å². The molecule has 0 bridgehead atoms. The van der Waals surface area contributed by atoms with E-state index in [2.05, 4.69) is 17.3 Å². The first-order chi connectivity index (χ1) is 5.29. The lowest BCUT2D eigenvalue weighted by Gasteiger charge is -2.23. The number of hydrogen-bond donors (Lipinski definition) is 2. The molecular formula is C8H18N2O. The monoisotopic (exact) mass is 158 g/mol. The van der Waals surface area contributed by atoms with E-state index in [0.29, 0.717) is 18.7 Å². The van der Waals surface area contributed by atoms with Gasteiger partial charge in [-0.1, -0.05) is 0 Å². The van der Waals surface area contributed by atoms with Crippen LogP contribution in [0.15, 0.2) is 0 Å². The first-order valence-corrected chi connectivity index (χ1v) is 4.27. The van der Waals surface area contributed by atoms with Crippen LogP contribution in [0.2, 0.25) is 0 Å². The fourth-order valence-electron chi connectivity index (χ4n) is 1.79. The molecule has 1 saturated heterocycles. The number of aliphatic hydroxyl groups is 1. The van der Waals surface area contributed by atoms with E-state index in [-0.39, 0.29) is 0 Å². The number of aliphatic hydroxyl groups excluding tert-OH is 1. The summed E-state index contributed by atoms with van der Waals surface area (Å²) in [5.74, 6) is 0. The Bertz CT molecular complexity index is 119. The fraction of sp³-hybridized carbons (Fsp3) is 1.00. The van der Waals surface area contributed by atoms with Crippen LogP contribution in [0.4, 0.5) is 0 Å². The summed E-state index contributed by atoms with van der Waals surface area (Å²) in [6.07, 6.45) is 2.35. The molecule has 1 rings (SSSR count). The van der Waals surface area contributed by atoms with Gasteiger partial charge in [0.25, 0.3) is 0 Å². The van der Waals surface area contributed by atoms with Gasteiger partial charge < -0.3 is 10.4 Å². The molecule has 1 aliphatic rings. The summed E-state index contributed by atoms with van der Waals surface area (Å²) < 4.78 is 0. The zero-order valence-corrected chi connectivity index (χ0v) is 7.38. The van der Waals surface area contributed by atoms with E-state index in [9.17, 15) is 0 Å². The molecule has 0 aromatic rings. The lowest BCUT2D eigenvalue weighted by molar-refractivity contribution is 0.155. The van der Waals surface area contributed by atoms with Gasteiger partial charge in [0, 0.05) is 18.6 Å². The molecule has 0 aliphatic carbocycles. The predicted molar refractivity (Wildman–Crippen MR) is 45.6 cm³/mol. The highest BCUT2D eigenvalue weighted by molar-refractivity contribution is 4.85. The molecule has 2 N–H and O–H groups in total. The number of nitrogens with one attached hydrogen (secondary N) is 1. The average molecular weight is 158 g/mol. The molecule has 3 heteroatoms. The highest BCUT2D eigenvalue weighted by Gasteiger charge is 2.28. The van der Waals surface area contributed by atoms with Crippen molar-refractivity contribution in [3.8, 4) is 0 Å². The number of likely N-dealkylation sites (N-methyl/N-ethyl adjacent to an activating group) is 2. The Labute approximate surface area is 68.4 Å². The Kier molecular flexibility index (Phi) is 3.30. The Morgan fingerprint density at radius 3 is 2.55 bits per heavy atom. The van der Waals surface area contributed by atoms with Crippen LogP contribution < -0.4 is 5.32 Å². The minimum Gasteiger partial charge on any atom is -0.395 e. The SMILES string of the molecule is CNCC1CCC(CO)N1C. The van der Waals surface area contributed by atoms with Crippen LogP contribution >= 0.6 is 0 Å². The van der Waals surface area contributed by atoms with Crippen LogP contribution in [-0.4, -0.2) is 49.3 Å². The molecule has 0 spiro atoms. The molecule has 0 saturated carbocycles. The van der Waals surface area contributed by atoms with Crippen LogP contribution in [0.3, 0.4) is 0 Å². The van der Waals surface area contributed by atoms with Crippen LogP contribution in [0.25, 0.3) is 0 Å². The third-order valence-electron chi connectivity index (χ3n) is 2.64. The van der Waals surface area contributed by atoms with Crippen molar-refractivity contribution in [3.63, 3.8) is 0 Å². The van der Waals surface area contributed by atoms with E-state index in [0.717, 1.165) is 13.0 Å².